The number of imidazole rings is 1. The van der Waals surface area contributed by atoms with Crippen molar-refractivity contribution in [1.29, 1.82) is 0 Å². The van der Waals surface area contributed by atoms with Crippen LogP contribution in [0.25, 0.3) is 11.0 Å². The summed E-state index contributed by atoms with van der Waals surface area (Å²) >= 11 is 0. The second-order valence-electron chi connectivity index (χ2n) is 6.64. The molecule has 4 rings (SSSR count). The number of benzene rings is 1. The van der Waals surface area contributed by atoms with Crippen molar-refractivity contribution in [2.75, 3.05) is 13.1 Å². The van der Waals surface area contributed by atoms with Gasteiger partial charge in [0, 0.05) is 24.7 Å². The Kier molecular flexibility index (Phi) is 3.59. The van der Waals surface area contributed by atoms with Crippen LogP contribution in [0.2, 0.25) is 0 Å². The normalized spacial score (nSPS) is 18.2. The lowest BCUT2D eigenvalue weighted by Crippen LogP contribution is -2.39. The van der Waals surface area contributed by atoms with Crippen molar-refractivity contribution in [3.8, 4) is 0 Å². The zero-order valence-electron chi connectivity index (χ0n) is 14.0. The number of piperidine rings is 1. The van der Waals surface area contributed by atoms with Crippen LogP contribution in [0.1, 0.15) is 46.2 Å². The Morgan fingerprint density at radius 3 is 3.00 bits per heavy atom. The summed E-state index contributed by atoms with van der Waals surface area (Å²) in [4.78, 5) is 22.8. The number of nitrogens with zero attached hydrogens (tertiary/aromatic N) is 3. The van der Waals surface area contributed by atoms with Gasteiger partial charge in [0.1, 0.15) is 5.82 Å². The molecule has 2 N–H and O–H groups in total. The van der Waals surface area contributed by atoms with Crippen LogP contribution < -0.4 is 0 Å². The first kappa shape index (κ1) is 14.9. The molecule has 24 heavy (non-hydrogen) atoms. The molecule has 1 aromatic carbocycles. The molecule has 1 fully saturated rings. The van der Waals surface area contributed by atoms with Crippen molar-refractivity contribution < 1.29 is 4.79 Å². The molecule has 0 radical (unpaired) electrons. The van der Waals surface area contributed by atoms with Crippen LogP contribution in [-0.2, 0) is 0 Å². The zero-order chi connectivity index (χ0) is 16.7. The Morgan fingerprint density at radius 2 is 2.21 bits per heavy atom. The molecular formula is C18H21N5O. The van der Waals surface area contributed by atoms with Crippen LogP contribution in [0.3, 0.4) is 0 Å². The highest BCUT2D eigenvalue weighted by molar-refractivity contribution is 5.95. The Balaban J connectivity index is 1.57. The van der Waals surface area contributed by atoms with Crippen molar-refractivity contribution in [3.05, 3.63) is 47.0 Å². The number of hydrogen-bond acceptors (Lipinski definition) is 3. The summed E-state index contributed by atoms with van der Waals surface area (Å²) in [5.41, 5.74) is 4.76. The number of likely N-dealkylation sites (tertiary alicyclic amines) is 1. The van der Waals surface area contributed by atoms with Gasteiger partial charge in [0.05, 0.1) is 22.8 Å². The number of aromatic nitrogens is 4. The van der Waals surface area contributed by atoms with Gasteiger partial charge in [-0.15, -0.1) is 0 Å². The molecule has 1 unspecified atom stereocenters. The first-order chi connectivity index (χ1) is 11.6. The number of hydrogen-bond donors (Lipinski definition) is 2. The van der Waals surface area contributed by atoms with Gasteiger partial charge in [0.2, 0.25) is 0 Å². The minimum atomic E-state index is 0.0536. The standard InChI is InChI=1S/C18H21N5O/c1-11-5-6-15-16(8-11)21-17(20-15)13-4-3-7-23(10-13)18(24)14-9-19-22-12(14)2/h5-6,8-9,13H,3-4,7,10H2,1-2H3,(H,19,22)(H,20,21). The van der Waals surface area contributed by atoms with Crippen molar-refractivity contribution in [2.45, 2.75) is 32.6 Å². The third-order valence-corrected chi connectivity index (χ3v) is 4.81. The largest absolute Gasteiger partial charge is 0.342 e. The van der Waals surface area contributed by atoms with Crippen LogP contribution >= 0.6 is 0 Å². The smallest absolute Gasteiger partial charge is 0.257 e. The number of aromatic amines is 2. The molecule has 3 heterocycles. The summed E-state index contributed by atoms with van der Waals surface area (Å²) in [6, 6.07) is 6.24. The Morgan fingerprint density at radius 1 is 1.33 bits per heavy atom. The molecule has 1 saturated heterocycles. The van der Waals surface area contributed by atoms with Crippen LogP contribution in [0.5, 0.6) is 0 Å². The highest BCUT2D eigenvalue weighted by Crippen LogP contribution is 2.28. The fourth-order valence-electron chi connectivity index (χ4n) is 3.46. The van der Waals surface area contributed by atoms with E-state index in [4.69, 9.17) is 4.98 Å². The number of aryl methyl sites for hydroxylation is 2. The lowest BCUT2D eigenvalue weighted by atomic mass is 9.97. The SMILES string of the molecule is Cc1ccc2nc(C3CCCN(C(=O)c4cn[nH]c4C)C3)[nH]c2c1. The van der Waals surface area contributed by atoms with E-state index in [1.54, 1.807) is 6.20 Å². The van der Waals surface area contributed by atoms with E-state index in [0.29, 0.717) is 12.1 Å². The number of nitrogens with one attached hydrogen (secondary N) is 2. The zero-order valence-corrected chi connectivity index (χ0v) is 14.0. The first-order valence-electron chi connectivity index (χ1n) is 8.37. The van der Waals surface area contributed by atoms with E-state index in [-0.39, 0.29) is 11.8 Å². The minimum absolute atomic E-state index is 0.0536. The lowest BCUT2D eigenvalue weighted by Gasteiger charge is -2.31. The maximum atomic E-state index is 12.7. The van der Waals surface area contributed by atoms with Gasteiger partial charge in [-0.1, -0.05) is 6.07 Å². The molecule has 0 aliphatic carbocycles. The molecule has 0 saturated carbocycles. The molecule has 2 aromatic heterocycles. The van der Waals surface area contributed by atoms with Crippen molar-refractivity contribution in [3.63, 3.8) is 0 Å². The molecule has 1 atom stereocenters. The van der Waals surface area contributed by atoms with E-state index < -0.39 is 0 Å². The summed E-state index contributed by atoms with van der Waals surface area (Å²) in [5, 5.41) is 6.80. The van der Waals surface area contributed by atoms with Crippen molar-refractivity contribution >= 4 is 16.9 Å². The number of carbonyl (C=O) groups is 1. The number of rotatable bonds is 2. The van der Waals surface area contributed by atoms with Gasteiger partial charge >= 0.3 is 0 Å². The first-order valence-corrected chi connectivity index (χ1v) is 8.37. The molecule has 1 aliphatic rings. The van der Waals surface area contributed by atoms with Crippen molar-refractivity contribution in [1.82, 2.24) is 25.1 Å². The second kappa shape index (κ2) is 5.78. The van der Waals surface area contributed by atoms with Gasteiger partial charge in [-0.3, -0.25) is 9.89 Å². The van der Waals surface area contributed by atoms with Crippen molar-refractivity contribution in [2.24, 2.45) is 0 Å². The number of carbonyl (C=O) groups excluding carboxylic acids is 1. The fourth-order valence-corrected chi connectivity index (χ4v) is 3.46. The van der Waals surface area contributed by atoms with Crippen LogP contribution in [0.4, 0.5) is 0 Å². The molecule has 1 aliphatic heterocycles. The van der Waals surface area contributed by atoms with Gasteiger partial charge in [-0.05, 0) is 44.4 Å². The number of amides is 1. The summed E-state index contributed by atoms with van der Waals surface area (Å²) < 4.78 is 0. The fraction of sp³-hybridized carbons (Fsp3) is 0.389. The van der Waals surface area contributed by atoms with Gasteiger partial charge in [0.15, 0.2) is 0 Å². The highest BCUT2D eigenvalue weighted by Gasteiger charge is 2.28. The summed E-state index contributed by atoms with van der Waals surface area (Å²) in [7, 11) is 0. The molecule has 0 bridgehead atoms. The Hall–Kier alpha value is -2.63. The van der Waals surface area contributed by atoms with E-state index in [0.717, 1.165) is 41.9 Å². The van der Waals surface area contributed by atoms with E-state index >= 15 is 0 Å². The summed E-state index contributed by atoms with van der Waals surface area (Å²) in [6.07, 6.45) is 3.65. The molecule has 124 valence electrons. The third kappa shape index (κ3) is 2.58. The monoisotopic (exact) mass is 323 g/mol. The summed E-state index contributed by atoms with van der Waals surface area (Å²) in [6.45, 7) is 5.44. The second-order valence-corrected chi connectivity index (χ2v) is 6.64. The molecular weight excluding hydrogens is 302 g/mol. The van der Waals surface area contributed by atoms with E-state index in [1.165, 1.54) is 5.56 Å². The van der Waals surface area contributed by atoms with Gasteiger partial charge < -0.3 is 9.88 Å². The predicted octanol–water partition coefficient (Wildman–Crippen LogP) is 2.92. The summed E-state index contributed by atoms with van der Waals surface area (Å²) in [5.74, 6) is 1.29. The average molecular weight is 323 g/mol. The van der Waals surface area contributed by atoms with Gasteiger partial charge in [-0.25, -0.2) is 4.98 Å². The van der Waals surface area contributed by atoms with E-state index in [1.807, 2.05) is 17.9 Å². The quantitative estimate of drug-likeness (QED) is 0.761. The predicted molar refractivity (Wildman–Crippen MR) is 92.0 cm³/mol. The Bertz CT molecular complexity index is 894. The highest BCUT2D eigenvalue weighted by atomic mass is 16.2. The van der Waals surface area contributed by atoms with Gasteiger partial charge in [-0.2, -0.15) is 5.10 Å². The molecule has 1 amide bonds. The van der Waals surface area contributed by atoms with E-state index in [2.05, 4.69) is 34.2 Å². The maximum Gasteiger partial charge on any atom is 0.257 e. The Labute approximate surface area is 140 Å². The average Bonchev–Trinajstić information content (AvgIpc) is 3.20. The number of fused-ring (bicyclic) bond motifs is 1. The van der Waals surface area contributed by atoms with Crippen LogP contribution in [0.15, 0.2) is 24.4 Å². The molecule has 6 heteroatoms. The molecule has 0 spiro atoms. The lowest BCUT2D eigenvalue weighted by molar-refractivity contribution is 0.0704. The van der Waals surface area contributed by atoms with Gasteiger partial charge in [0.25, 0.3) is 5.91 Å². The number of H-pyrrole nitrogens is 2. The van der Waals surface area contributed by atoms with E-state index in [9.17, 15) is 4.79 Å². The van der Waals surface area contributed by atoms with Crippen LogP contribution in [0, 0.1) is 13.8 Å². The topological polar surface area (TPSA) is 77.7 Å². The minimum Gasteiger partial charge on any atom is -0.342 e. The third-order valence-electron chi connectivity index (χ3n) is 4.81. The molecule has 3 aromatic rings. The van der Waals surface area contributed by atoms with Crippen LogP contribution in [-0.4, -0.2) is 44.1 Å². The maximum absolute atomic E-state index is 12.7. The molecule has 6 nitrogen and oxygen atoms in total.